The lowest BCUT2D eigenvalue weighted by Gasteiger charge is -2.31. The zero-order valence-electron chi connectivity index (χ0n) is 24.1. The fourth-order valence-electron chi connectivity index (χ4n) is 5.30. The number of halogens is 3. The first-order valence-electron chi connectivity index (χ1n) is 13.8. The molecule has 242 valence electrons. The van der Waals surface area contributed by atoms with E-state index in [1.165, 1.54) is 30.3 Å². The van der Waals surface area contributed by atoms with Gasteiger partial charge in [-0.1, -0.05) is 37.3 Å². The van der Waals surface area contributed by atoms with Crippen molar-refractivity contribution in [1.82, 2.24) is 0 Å². The molecule has 0 aliphatic heterocycles. The average molecular weight is 671 g/mol. The lowest BCUT2D eigenvalue weighted by molar-refractivity contribution is -0.387. The normalized spacial score (nSPS) is 14.9. The third kappa shape index (κ3) is 6.91. The first kappa shape index (κ1) is 33.7. The van der Waals surface area contributed by atoms with Gasteiger partial charge >= 0.3 is 21.6 Å². The Labute approximate surface area is 257 Å². The summed E-state index contributed by atoms with van der Waals surface area (Å²) in [5.41, 5.74) is -4.60. The number of nitro groups is 1. The minimum absolute atomic E-state index is 0.00625. The Kier molecular flexibility index (Phi) is 9.77. The highest BCUT2D eigenvalue weighted by atomic mass is 32.2. The Bertz CT molecular complexity index is 1830. The summed E-state index contributed by atoms with van der Waals surface area (Å²) in [6.07, 6.45) is 0.760. The lowest BCUT2D eigenvalue weighted by atomic mass is 9.99. The van der Waals surface area contributed by atoms with Gasteiger partial charge in [-0.3, -0.25) is 19.2 Å². The molecule has 3 aromatic rings. The molecule has 45 heavy (non-hydrogen) atoms. The average Bonchev–Trinajstić information content (AvgIpc) is 3.40. The second-order valence-electron chi connectivity index (χ2n) is 10.00. The number of hydrogen-bond donors (Lipinski definition) is 0. The Balaban J connectivity index is 1.87. The van der Waals surface area contributed by atoms with E-state index in [0.717, 1.165) is 28.1 Å². The van der Waals surface area contributed by atoms with Crippen molar-refractivity contribution < 1.29 is 48.6 Å². The molecule has 1 unspecified atom stereocenters. The molecule has 0 spiro atoms. The number of para-hydroxylation sites is 1. The summed E-state index contributed by atoms with van der Waals surface area (Å²) in [4.78, 5) is 22.3. The molecule has 0 saturated heterocycles. The number of esters is 1. The highest BCUT2D eigenvalue weighted by Gasteiger charge is 2.49. The quantitative estimate of drug-likeness (QED) is 0.0770. The summed E-state index contributed by atoms with van der Waals surface area (Å²) in [5.74, 6) is -1.00. The fourth-order valence-corrected chi connectivity index (χ4v) is 7.60. The molecule has 3 aromatic carbocycles. The van der Waals surface area contributed by atoms with Crippen LogP contribution in [-0.2, 0) is 48.9 Å². The van der Waals surface area contributed by atoms with Crippen LogP contribution in [-0.4, -0.2) is 39.8 Å². The standard InChI is InChI=1S/C29H29F3N2O9S2/c1-3-19-18-21(14-12-20(19)13-17-28(35)42-4-2)33(44(38,39)27-11-6-5-9-25(27)34(36)37)24-16-15-23-22(24)8-7-10-26(23)43-45(40,41)29(30,31)32/h5-12,14,18,24H,3-4,13,15-17H2,1-2H3. The van der Waals surface area contributed by atoms with Gasteiger partial charge in [-0.25, -0.2) is 8.42 Å². The van der Waals surface area contributed by atoms with Gasteiger partial charge in [0.05, 0.1) is 23.3 Å². The van der Waals surface area contributed by atoms with Gasteiger partial charge in [-0.2, -0.15) is 21.6 Å². The van der Waals surface area contributed by atoms with Crippen LogP contribution in [0.5, 0.6) is 5.75 Å². The molecule has 0 bridgehead atoms. The second-order valence-corrected chi connectivity index (χ2v) is 13.3. The van der Waals surface area contributed by atoms with Crippen molar-refractivity contribution in [3.05, 3.63) is 93.0 Å². The van der Waals surface area contributed by atoms with Crippen LogP contribution >= 0.6 is 0 Å². The van der Waals surface area contributed by atoms with E-state index < -0.39 is 58.9 Å². The number of carbonyl (C=O) groups excluding carboxylic acids is 1. The van der Waals surface area contributed by atoms with E-state index in [-0.39, 0.29) is 42.7 Å². The van der Waals surface area contributed by atoms with E-state index in [2.05, 4.69) is 4.18 Å². The first-order chi connectivity index (χ1) is 21.1. The van der Waals surface area contributed by atoms with E-state index in [0.29, 0.717) is 18.4 Å². The van der Waals surface area contributed by atoms with E-state index >= 15 is 0 Å². The Morgan fingerprint density at radius 2 is 1.73 bits per heavy atom. The molecule has 0 N–H and O–H groups in total. The van der Waals surface area contributed by atoms with Crippen molar-refractivity contribution >= 4 is 37.5 Å². The topological polar surface area (TPSA) is 150 Å². The summed E-state index contributed by atoms with van der Waals surface area (Å²) in [6, 6.07) is 12.1. The number of nitrogens with zero attached hydrogens (tertiary/aromatic N) is 2. The molecule has 4 rings (SSSR count). The predicted molar refractivity (Wildman–Crippen MR) is 157 cm³/mol. The monoisotopic (exact) mass is 670 g/mol. The third-order valence-corrected chi connectivity index (χ3v) is 10.1. The van der Waals surface area contributed by atoms with Crippen LogP contribution in [0.15, 0.2) is 65.6 Å². The number of aryl methyl sites for hydroxylation is 2. The maximum Gasteiger partial charge on any atom is 0.534 e. The highest BCUT2D eigenvalue weighted by molar-refractivity contribution is 7.93. The van der Waals surface area contributed by atoms with Crippen LogP contribution < -0.4 is 8.49 Å². The van der Waals surface area contributed by atoms with Crippen LogP contribution in [0.2, 0.25) is 0 Å². The van der Waals surface area contributed by atoms with Gasteiger partial charge in [0.25, 0.3) is 15.7 Å². The summed E-state index contributed by atoms with van der Waals surface area (Å²) in [7, 11) is -10.7. The molecular formula is C29H29F3N2O9S2. The molecule has 0 fully saturated rings. The zero-order valence-corrected chi connectivity index (χ0v) is 25.7. The maximum absolute atomic E-state index is 14.4. The summed E-state index contributed by atoms with van der Waals surface area (Å²) < 4.78 is 102. The van der Waals surface area contributed by atoms with Gasteiger partial charge in [0.2, 0.25) is 0 Å². The molecule has 0 aromatic heterocycles. The van der Waals surface area contributed by atoms with E-state index in [1.54, 1.807) is 19.1 Å². The predicted octanol–water partition coefficient (Wildman–Crippen LogP) is 5.76. The molecule has 0 amide bonds. The van der Waals surface area contributed by atoms with E-state index in [4.69, 9.17) is 4.74 Å². The Morgan fingerprint density at radius 1 is 1.02 bits per heavy atom. The molecule has 1 aliphatic rings. The van der Waals surface area contributed by atoms with Gasteiger partial charge in [0, 0.05) is 18.1 Å². The number of alkyl halides is 3. The van der Waals surface area contributed by atoms with Gasteiger partial charge in [0.1, 0.15) is 5.75 Å². The number of sulfonamides is 1. The van der Waals surface area contributed by atoms with Crippen LogP contribution in [0.3, 0.4) is 0 Å². The first-order valence-corrected chi connectivity index (χ1v) is 16.6. The molecule has 1 atom stereocenters. The minimum Gasteiger partial charge on any atom is -0.466 e. The van der Waals surface area contributed by atoms with Crippen molar-refractivity contribution in [2.75, 3.05) is 10.9 Å². The highest BCUT2D eigenvalue weighted by Crippen LogP contribution is 2.46. The number of benzene rings is 3. The third-order valence-electron chi connectivity index (χ3n) is 7.29. The van der Waals surface area contributed by atoms with Crippen LogP contribution in [0.4, 0.5) is 24.5 Å². The van der Waals surface area contributed by atoms with Gasteiger partial charge in [0.15, 0.2) is 4.90 Å². The SMILES string of the molecule is CCOC(=O)CCc1ccc(N(C2CCc3c(OS(=O)(=O)C(F)(F)F)cccc32)S(=O)(=O)c2ccccc2[N+](=O)[O-])cc1CC. The second kappa shape index (κ2) is 13.0. The van der Waals surface area contributed by atoms with E-state index in [9.17, 15) is 44.9 Å². The summed E-state index contributed by atoms with van der Waals surface area (Å²) >= 11 is 0. The number of ether oxygens (including phenoxy) is 1. The zero-order chi connectivity index (χ0) is 33.2. The van der Waals surface area contributed by atoms with E-state index in [1.807, 2.05) is 6.92 Å². The van der Waals surface area contributed by atoms with Crippen molar-refractivity contribution in [2.45, 2.75) is 62.4 Å². The Hall–Kier alpha value is -4.18. The minimum atomic E-state index is -6.02. The number of rotatable bonds is 12. The summed E-state index contributed by atoms with van der Waals surface area (Å²) in [6.45, 7) is 3.72. The van der Waals surface area contributed by atoms with Gasteiger partial charge in [-0.15, -0.1) is 0 Å². The maximum atomic E-state index is 14.4. The van der Waals surface area contributed by atoms with Crippen LogP contribution in [0, 0.1) is 10.1 Å². The molecule has 16 heteroatoms. The van der Waals surface area contributed by atoms with Crippen LogP contribution in [0.25, 0.3) is 0 Å². The molecule has 0 saturated carbocycles. The Morgan fingerprint density at radius 3 is 2.38 bits per heavy atom. The lowest BCUT2D eigenvalue weighted by Crippen LogP contribution is -2.34. The number of carbonyl (C=O) groups is 1. The molecule has 0 radical (unpaired) electrons. The number of nitro benzene ring substituents is 1. The molecular weight excluding hydrogens is 641 g/mol. The van der Waals surface area contributed by atoms with Crippen molar-refractivity contribution in [3.8, 4) is 5.75 Å². The van der Waals surface area contributed by atoms with Gasteiger partial charge < -0.3 is 8.92 Å². The largest absolute Gasteiger partial charge is 0.534 e. The molecule has 11 nitrogen and oxygen atoms in total. The fraction of sp³-hybridized carbons (Fsp3) is 0.345. The van der Waals surface area contributed by atoms with Crippen molar-refractivity contribution in [3.63, 3.8) is 0 Å². The van der Waals surface area contributed by atoms with Crippen molar-refractivity contribution in [1.29, 1.82) is 0 Å². The number of hydrogen-bond acceptors (Lipinski definition) is 9. The van der Waals surface area contributed by atoms with Gasteiger partial charge in [-0.05, 0) is 73.6 Å². The molecule has 0 heterocycles. The number of anilines is 1. The number of fused-ring (bicyclic) bond motifs is 1. The van der Waals surface area contributed by atoms with Crippen molar-refractivity contribution in [2.24, 2.45) is 0 Å². The summed E-state index contributed by atoms with van der Waals surface area (Å²) in [5, 5.41) is 11.8. The smallest absolute Gasteiger partial charge is 0.466 e. The van der Waals surface area contributed by atoms with Crippen LogP contribution in [0.1, 0.15) is 55.0 Å². The molecule has 1 aliphatic carbocycles.